The Morgan fingerprint density at radius 1 is 1.47 bits per heavy atom. The Hall–Kier alpha value is -1.55. The van der Waals surface area contributed by atoms with Crippen molar-refractivity contribution < 1.29 is 9.90 Å². The van der Waals surface area contributed by atoms with Crippen molar-refractivity contribution in [2.45, 2.75) is 26.3 Å². The van der Waals surface area contributed by atoms with Crippen LogP contribution in [0, 0.1) is 0 Å². The summed E-state index contributed by atoms with van der Waals surface area (Å²) in [4.78, 5) is 13.8. The number of aromatic hydroxyl groups is 1. The van der Waals surface area contributed by atoms with Crippen LogP contribution in [-0.4, -0.2) is 35.0 Å². The number of hydrogen-bond acceptors (Lipinski definition) is 3. The third kappa shape index (κ3) is 4.07. The highest BCUT2D eigenvalue weighted by molar-refractivity contribution is 5.79. The largest absolute Gasteiger partial charge is 0.508 e. The fourth-order valence-electron chi connectivity index (χ4n) is 1.75. The maximum absolute atomic E-state index is 12.0. The number of phenolic OH excluding ortho intramolecular Hbond substituents is 1. The normalized spacial score (nSPS) is 10.6. The summed E-state index contributed by atoms with van der Waals surface area (Å²) < 4.78 is 0. The third-order valence-electron chi connectivity index (χ3n) is 2.58. The van der Waals surface area contributed by atoms with Gasteiger partial charge in [0.2, 0.25) is 5.91 Å². The Morgan fingerprint density at radius 3 is 2.71 bits per heavy atom. The van der Waals surface area contributed by atoms with Crippen LogP contribution in [0.25, 0.3) is 0 Å². The van der Waals surface area contributed by atoms with Crippen molar-refractivity contribution in [1.29, 1.82) is 0 Å². The molecule has 0 heterocycles. The van der Waals surface area contributed by atoms with Crippen molar-refractivity contribution in [3.05, 3.63) is 29.8 Å². The lowest BCUT2D eigenvalue weighted by molar-refractivity contribution is -0.132. The predicted octanol–water partition coefficient (Wildman–Crippen LogP) is 1.13. The predicted molar refractivity (Wildman–Crippen MR) is 67.7 cm³/mol. The van der Waals surface area contributed by atoms with E-state index in [4.69, 9.17) is 5.73 Å². The summed E-state index contributed by atoms with van der Waals surface area (Å²) >= 11 is 0. The molecule has 3 N–H and O–H groups in total. The molecule has 0 spiro atoms. The number of hydrogen-bond donors (Lipinski definition) is 2. The number of rotatable bonds is 5. The monoisotopic (exact) mass is 236 g/mol. The molecule has 1 amide bonds. The Labute approximate surface area is 102 Å². The highest BCUT2D eigenvalue weighted by Gasteiger charge is 2.16. The van der Waals surface area contributed by atoms with Crippen LogP contribution in [0.5, 0.6) is 5.75 Å². The van der Waals surface area contributed by atoms with Crippen molar-refractivity contribution >= 4 is 5.91 Å². The first kappa shape index (κ1) is 13.5. The molecular weight excluding hydrogens is 216 g/mol. The van der Waals surface area contributed by atoms with Crippen molar-refractivity contribution in [3.8, 4) is 5.75 Å². The minimum absolute atomic E-state index is 0.0380. The first-order chi connectivity index (χ1) is 8.04. The topological polar surface area (TPSA) is 66.6 Å². The third-order valence-corrected chi connectivity index (χ3v) is 2.58. The summed E-state index contributed by atoms with van der Waals surface area (Å²) in [7, 11) is 0. The fourth-order valence-corrected chi connectivity index (χ4v) is 1.75. The number of nitrogens with two attached hydrogens (primary N) is 1. The van der Waals surface area contributed by atoms with Gasteiger partial charge in [0.25, 0.3) is 0 Å². The van der Waals surface area contributed by atoms with E-state index in [0.29, 0.717) is 19.5 Å². The van der Waals surface area contributed by atoms with Gasteiger partial charge in [-0.05, 0) is 31.5 Å². The Balaban J connectivity index is 2.69. The van der Waals surface area contributed by atoms with E-state index in [1.165, 1.54) is 0 Å². The fraction of sp³-hybridized carbons (Fsp3) is 0.462. The number of benzene rings is 1. The highest BCUT2D eigenvalue weighted by Crippen LogP contribution is 2.12. The van der Waals surface area contributed by atoms with Gasteiger partial charge >= 0.3 is 0 Å². The van der Waals surface area contributed by atoms with Gasteiger partial charge in [-0.2, -0.15) is 0 Å². The van der Waals surface area contributed by atoms with Gasteiger partial charge in [0.15, 0.2) is 0 Å². The van der Waals surface area contributed by atoms with Gasteiger partial charge in [-0.3, -0.25) is 4.79 Å². The molecule has 1 aromatic rings. The zero-order valence-corrected chi connectivity index (χ0v) is 10.4. The summed E-state index contributed by atoms with van der Waals surface area (Å²) in [6.07, 6.45) is 0.298. The van der Waals surface area contributed by atoms with Crippen LogP contribution in [0.1, 0.15) is 19.4 Å². The molecule has 0 saturated carbocycles. The van der Waals surface area contributed by atoms with Gasteiger partial charge in [0.05, 0.1) is 6.42 Å². The zero-order valence-electron chi connectivity index (χ0n) is 10.4. The van der Waals surface area contributed by atoms with E-state index in [2.05, 4.69) is 0 Å². The van der Waals surface area contributed by atoms with Crippen molar-refractivity contribution in [1.82, 2.24) is 4.90 Å². The molecule has 0 atom stereocenters. The van der Waals surface area contributed by atoms with Gasteiger partial charge in [-0.25, -0.2) is 0 Å². The average Bonchev–Trinajstić information content (AvgIpc) is 2.25. The number of nitrogens with zero attached hydrogens (tertiary/aromatic N) is 1. The maximum Gasteiger partial charge on any atom is 0.227 e. The maximum atomic E-state index is 12.0. The average molecular weight is 236 g/mol. The molecule has 0 aliphatic heterocycles. The SMILES string of the molecule is CC(C)N(CCN)C(=O)Cc1cccc(O)c1. The van der Waals surface area contributed by atoms with Crippen molar-refractivity contribution in [3.63, 3.8) is 0 Å². The van der Waals surface area contributed by atoms with E-state index in [0.717, 1.165) is 5.56 Å². The first-order valence-corrected chi connectivity index (χ1v) is 5.82. The minimum atomic E-state index is 0.0380. The summed E-state index contributed by atoms with van der Waals surface area (Å²) in [5.74, 6) is 0.223. The molecule has 4 nitrogen and oxygen atoms in total. The molecule has 0 aliphatic carbocycles. The van der Waals surface area contributed by atoms with Gasteiger partial charge in [0, 0.05) is 19.1 Å². The molecule has 0 aromatic heterocycles. The van der Waals surface area contributed by atoms with E-state index in [9.17, 15) is 9.90 Å². The van der Waals surface area contributed by atoms with Crippen LogP contribution in [0.2, 0.25) is 0 Å². The minimum Gasteiger partial charge on any atom is -0.508 e. The Kier molecular flexibility index (Phi) is 4.97. The Bertz CT molecular complexity index is 377. The molecule has 1 rings (SSSR count). The quantitative estimate of drug-likeness (QED) is 0.805. The summed E-state index contributed by atoms with van der Waals surface area (Å²) in [6, 6.07) is 6.91. The molecule has 1 aromatic carbocycles. The summed E-state index contributed by atoms with van der Waals surface area (Å²) in [6.45, 7) is 4.96. The number of phenols is 1. The van der Waals surface area contributed by atoms with Crippen LogP contribution < -0.4 is 5.73 Å². The van der Waals surface area contributed by atoms with E-state index in [1.807, 2.05) is 19.9 Å². The molecule has 94 valence electrons. The standard InChI is InChI=1S/C13H20N2O2/c1-10(2)15(7-6-14)13(17)9-11-4-3-5-12(16)8-11/h3-5,8,10,16H,6-7,9,14H2,1-2H3. The van der Waals surface area contributed by atoms with E-state index < -0.39 is 0 Å². The summed E-state index contributed by atoms with van der Waals surface area (Å²) in [5.41, 5.74) is 6.31. The number of carbonyl (C=O) groups is 1. The van der Waals surface area contributed by atoms with Crippen LogP contribution in [-0.2, 0) is 11.2 Å². The van der Waals surface area contributed by atoms with Crippen LogP contribution in [0.3, 0.4) is 0 Å². The van der Waals surface area contributed by atoms with Gasteiger partial charge in [0.1, 0.15) is 5.75 Å². The molecule has 0 radical (unpaired) electrons. The van der Waals surface area contributed by atoms with Crippen LogP contribution in [0.4, 0.5) is 0 Å². The van der Waals surface area contributed by atoms with Gasteiger partial charge < -0.3 is 15.7 Å². The number of carbonyl (C=O) groups excluding carboxylic acids is 1. The molecule has 0 fully saturated rings. The van der Waals surface area contributed by atoms with Gasteiger partial charge in [-0.15, -0.1) is 0 Å². The smallest absolute Gasteiger partial charge is 0.227 e. The highest BCUT2D eigenvalue weighted by atomic mass is 16.3. The lowest BCUT2D eigenvalue weighted by atomic mass is 10.1. The van der Waals surface area contributed by atoms with E-state index >= 15 is 0 Å². The molecule has 0 saturated heterocycles. The second-order valence-corrected chi connectivity index (χ2v) is 4.32. The second-order valence-electron chi connectivity index (χ2n) is 4.32. The van der Waals surface area contributed by atoms with Gasteiger partial charge in [-0.1, -0.05) is 12.1 Å². The molecular formula is C13H20N2O2. The first-order valence-electron chi connectivity index (χ1n) is 5.82. The molecule has 0 bridgehead atoms. The second kappa shape index (κ2) is 6.25. The zero-order chi connectivity index (χ0) is 12.8. The lowest BCUT2D eigenvalue weighted by Crippen LogP contribution is -2.41. The number of amides is 1. The molecule has 4 heteroatoms. The van der Waals surface area contributed by atoms with Crippen molar-refractivity contribution in [2.75, 3.05) is 13.1 Å². The van der Waals surface area contributed by atoms with Crippen LogP contribution in [0.15, 0.2) is 24.3 Å². The van der Waals surface area contributed by atoms with E-state index in [1.54, 1.807) is 23.1 Å². The molecule has 0 unspecified atom stereocenters. The van der Waals surface area contributed by atoms with Crippen LogP contribution >= 0.6 is 0 Å². The molecule has 17 heavy (non-hydrogen) atoms. The van der Waals surface area contributed by atoms with E-state index in [-0.39, 0.29) is 17.7 Å². The van der Waals surface area contributed by atoms with Crippen molar-refractivity contribution in [2.24, 2.45) is 5.73 Å². The Morgan fingerprint density at radius 2 is 2.18 bits per heavy atom. The summed E-state index contributed by atoms with van der Waals surface area (Å²) in [5, 5.41) is 9.33. The molecule has 0 aliphatic rings. The lowest BCUT2D eigenvalue weighted by Gasteiger charge is -2.26.